The van der Waals surface area contributed by atoms with Crippen LogP contribution >= 0.6 is 0 Å². The van der Waals surface area contributed by atoms with Crippen LogP contribution < -0.4 is 0 Å². The summed E-state index contributed by atoms with van der Waals surface area (Å²) in [7, 11) is 0. The molecule has 0 aliphatic heterocycles. The molecule has 2 heteroatoms. The minimum atomic E-state index is -0.208. The van der Waals surface area contributed by atoms with Gasteiger partial charge < -0.3 is 4.42 Å². The predicted molar refractivity (Wildman–Crippen MR) is 54.8 cm³/mol. The first-order valence-corrected chi connectivity index (χ1v) is 4.97. The molecule has 0 aliphatic rings. The summed E-state index contributed by atoms with van der Waals surface area (Å²) in [4.78, 5) is 0. The molecule has 74 valence electrons. The van der Waals surface area contributed by atoms with Gasteiger partial charge in [0, 0.05) is 11.8 Å². The zero-order valence-electron chi connectivity index (χ0n) is 8.22. The highest BCUT2D eigenvalue weighted by atomic mass is 19.1. The van der Waals surface area contributed by atoms with Gasteiger partial charge in [-0.15, -0.1) is 0 Å². The Balaban J connectivity index is 2.32. The first-order chi connectivity index (χ1) is 6.79. The molecule has 0 saturated heterocycles. The van der Waals surface area contributed by atoms with Crippen molar-refractivity contribution >= 4 is 11.0 Å². The second-order valence-corrected chi connectivity index (χ2v) is 3.50. The van der Waals surface area contributed by atoms with Gasteiger partial charge in [-0.05, 0) is 30.7 Å². The summed E-state index contributed by atoms with van der Waals surface area (Å²) in [6.45, 7) is 2.14. The lowest BCUT2D eigenvalue weighted by Crippen LogP contribution is -1.78. The monoisotopic (exact) mass is 192 g/mol. The van der Waals surface area contributed by atoms with Gasteiger partial charge in [0.15, 0.2) is 0 Å². The molecule has 2 aromatic rings. The zero-order chi connectivity index (χ0) is 9.97. The van der Waals surface area contributed by atoms with Crippen LogP contribution in [0.1, 0.15) is 25.5 Å². The molecule has 1 nitrogen and oxygen atoms in total. The molecule has 1 aromatic carbocycles. The Morgan fingerprint density at radius 1 is 1.29 bits per heavy atom. The van der Waals surface area contributed by atoms with Crippen LogP contribution in [0.25, 0.3) is 11.0 Å². The van der Waals surface area contributed by atoms with E-state index in [0.29, 0.717) is 0 Å². The van der Waals surface area contributed by atoms with E-state index in [4.69, 9.17) is 4.42 Å². The van der Waals surface area contributed by atoms with Crippen molar-refractivity contribution in [1.82, 2.24) is 0 Å². The Morgan fingerprint density at radius 2 is 2.14 bits per heavy atom. The number of hydrogen-bond donors (Lipinski definition) is 0. The SMILES string of the molecule is CCCCc1cc2cc(F)ccc2o1. The third-order valence-corrected chi connectivity index (χ3v) is 2.31. The van der Waals surface area contributed by atoms with Gasteiger partial charge in [-0.3, -0.25) is 0 Å². The summed E-state index contributed by atoms with van der Waals surface area (Å²) in [6, 6.07) is 6.54. The number of unbranched alkanes of at least 4 members (excludes halogenated alkanes) is 1. The zero-order valence-corrected chi connectivity index (χ0v) is 8.22. The first-order valence-electron chi connectivity index (χ1n) is 4.97. The lowest BCUT2D eigenvalue weighted by Gasteiger charge is -1.91. The normalized spacial score (nSPS) is 11.0. The molecule has 0 unspecified atom stereocenters. The van der Waals surface area contributed by atoms with Gasteiger partial charge >= 0.3 is 0 Å². The fraction of sp³-hybridized carbons (Fsp3) is 0.333. The van der Waals surface area contributed by atoms with E-state index in [1.54, 1.807) is 6.07 Å². The highest BCUT2D eigenvalue weighted by molar-refractivity contribution is 5.77. The first kappa shape index (κ1) is 9.25. The average molecular weight is 192 g/mol. The fourth-order valence-electron chi connectivity index (χ4n) is 1.54. The Bertz CT molecular complexity index is 431. The molecule has 1 heterocycles. The van der Waals surface area contributed by atoms with Crippen LogP contribution in [0.4, 0.5) is 4.39 Å². The second kappa shape index (κ2) is 3.82. The molecule has 14 heavy (non-hydrogen) atoms. The Kier molecular flexibility index (Phi) is 2.53. The number of aryl methyl sites for hydroxylation is 1. The summed E-state index contributed by atoms with van der Waals surface area (Å²) in [5.74, 6) is 0.743. The Hall–Kier alpha value is -1.31. The maximum Gasteiger partial charge on any atom is 0.134 e. The number of rotatable bonds is 3. The minimum absolute atomic E-state index is 0.208. The number of furan rings is 1. The van der Waals surface area contributed by atoms with Crippen molar-refractivity contribution in [2.75, 3.05) is 0 Å². The van der Waals surface area contributed by atoms with E-state index in [1.807, 2.05) is 6.07 Å². The summed E-state index contributed by atoms with van der Waals surface area (Å²) >= 11 is 0. The molecule has 2 rings (SSSR count). The van der Waals surface area contributed by atoms with Crippen LogP contribution in [0.2, 0.25) is 0 Å². The van der Waals surface area contributed by atoms with Gasteiger partial charge in [-0.1, -0.05) is 13.3 Å². The number of hydrogen-bond acceptors (Lipinski definition) is 1. The highest BCUT2D eigenvalue weighted by Gasteiger charge is 2.03. The molecule has 0 spiro atoms. The molecule has 1 aromatic heterocycles. The lowest BCUT2D eigenvalue weighted by atomic mass is 10.2. The van der Waals surface area contributed by atoms with Crippen LogP contribution in [0.15, 0.2) is 28.7 Å². The van der Waals surface area contributed by atoms with Crippen molar-refractivity contribution in [3.05, 3.63) is 35.8 Å². The van der Waals surface area contributed by atoms with Gasteiger partial charge in [0.25, 0.3) is 0 Å². The van der Waals surface area contributed by atoms with Gasteiger partial charge in [-0.25, -0.2) is 4.39 Å². The third kappa shape index (κ3) is 1.79. The standard InChI is InChI=1S/C12H13FO/c1-2-3-4-11-8-9-7-10(13)5-6-12(9)14-11/h5-8H,2-4H2,1H3. The minimum Gasteiger partial charge on any atom is -0.461 e. The number of halogens is 1. The van der Waals surface area contributed by atoms with Crippen LogP contribution in [0, 0.1) is 5.82 Å². The van der Waals surface area contributed by atoms with Crippen molar-refractivity contribution in [2.45, 2.75) is 26.2 Å². The van der Waals surface area contributed by atoms with E-state index in [9.17, 15) is 4.39 Å². The molecule has 0 aliphatic carbocycles. The van der Waals surface area contributed by atoms with Crippen LogP contribution in [0.3, 0.4) is 0 Å². The smallest absolute Gasteiger partial charge is 0.134 e. The van der Waals surface area contributed by atoms with Crippen molar-refractivity contribution in [1.29, 1.82) is 0 Å². The maximum absolute atomic E-state index is 12.9. The average Bonchev–Trinajstić information content (AvgIpc) is 2.56. The summed E-state index contributed by atoms with van der Waals surface area (Å²) in [6.07, 6.45) is 3.19. The van der Waals surface area contributed by atoms with Crippen LogP contribution in [-0.4, -0.2) is 0 Å². The van der Waals surface area contributed by atoms with Crippen LogP contribution in [0.5, 0.6) is 0 Å². The van der Waals surface area contributed by atoms with E-state index in [0.717, 1.165) is 36.0 Å². The molecule has 0 fully saturated rings. The molecule has 0 bridgehead atoms. The van der Waals surface area contributed by atoms with Crippen molar-refractivity contribution in [3.63, 3.8) is 0 Å². The van der Waals surface area contributed by atoms with E-state index >= 15 is 0 Å². The number of fused-ring (bicyclic) bond motifs is 1. The Morgan fingerprint density at radius 3 is 2.93 bits per heavy atom. The van der Waals surface area contributed by atoms with E-state index < -0.39 is 0 Å². The summed E-state index contributed by atoms with van der Waals surface area (Å²) < 4.78 is 18.4. The topological polar surface area (TPSA) is 13.1 Å². The van der Waals surface area contributed by atoms with E-state index in [1.165, 1.54) is 12.1 Å². The molecular formula is C12H13FO. The quantitative estimate of drug-likeness (QED) is 0.718. The van der Waals surface area contributed by atoms with Crippen molar-refractivity contribution in [2.24, 2.45) is 0 Å². The maximum atomic E-state index is 12.9. The van der Waals surface area contributed by atoms with Gasteiger partial charge in [-0.2, -0.15) is 0 Å². The molecule has 0 N–H and O–H groups in total. The van der Waals surface area contributed by atoms with Crippen molar-refractivity contribution in [3.8, 4) is 0 Å². The largest absolute Gasteiger partial charge is 0.461 e. The molecule has 0 radical (unpaired) electrons. The van der Waals surface area contributed by atoms with E-state index in [2.05, 4.69) is 6.92 Å². The third-order valence-electron chi connectivity index (χ3n) is 2.31. The van der Waals surface area contributed by atoms with Crippen molar-refractivity contribution < 1.29 is 8.81 Å². The summed E-state index contributed by atoms with van der Waals surface area (Å²) in [5.41, 5.74) is 0.775. The molecular weight excluding hydrogens is 179 g/mol. The predicted octanol–water partition coefficient (Wildman–Crippen LogP) is 3.91. The Labute approximate surface area is 82.5 Å². The lowest BCUT2D eigenvalue weighted by molar-refractivity contribution is 0.536. The van der Waals surface area contributed by atoms with E-state index in [-0.39, 0.29) is 5.82 Å². The molecule has 0 atom stereocenters. The molecule has 0 saturated carbocycles. The fourth-order valence-corrected chi connectivity index (χ4v) is 1.54. The van der Waals surface area contributed by atoms with Gasteiger partial charge in [0.05, 0.1) is 0 Å². The second-order valence-electron chi connectivity index (χ2n) is 3.50. The number of benzene rings is 1. The highest BCUT2D eigenvalue weighted by Crippen LogP contribution is 2.21. The molecule has 0 amide bonds. The van der Waals surface area contributed by atoms with Crippen LogP contribution in [-0.2, 0) is 6.42 Å². The van der Waals surface area contributed by atoms with Gasteiger partial charge in [0.2, 0.25) is 0 Å². The summed E-state index contributed by atoms with van der Waals surface area (Å²) in [5, 5.41) is 0.858. The van der Waals surface area contributed by atoms with Gasteiger partial charge in [0.1, 0.15) is 17.2 Å².